The average molecular weight is 343 g/mol. The standard InChI is InChI=1S/C19H25N3O3/c1-23-16-6-4-14(5-7-16)10-15-12-22(9-8-17(15)24-2)18-11-19(25-3)21-13-20-18/h4-7,11,13,15,17H,8-10,12H2,1-3H3/t15-,17+/m0/s1. The third-order valence-electron chi connectivity index (χ3n) is 4.78. The lowest BCUT2D eigenvalue weighted by Crippen LogP contribution is -2.45. The number of hydrogen-bond donors (Lipinski definition) is 0. The molecule has 2 aromatic rings. The molecule has 6 heteroatoms. The largest absolute Gasteiger partial charge is 0.497 e. The van der Waals surface area contributed by atoms with E-state index in [0.717, 1.165) is 37.5 Å². The first kappa shape index (κ1) is 17.5. The topological polar surface area (TPSA) is 56.7 Å². The second-order valence-electron chi connectivity index (χ2n) is 6.24. The fraction of sp³-hybridized carbons (Fsp3) is 0.474. The van der Waals surface area contributed by atoms with Crippen LogP contribution in [0.3, 0.4) is 0 Å². The van der Waals surface area contributed by atoms with Gasteiger partial charge in [-0.05, 0) is 30.5 Å². The van der Waals surface area contributed by atoms with Gasteiger partial charge in [-0.15, -0.1) is 0 Å². The highest BCUT2D eigenvalue weighted by molar-refractivity contribution is 5.41. The van der Waals surface area contributed by atoms with Crippen molar-refractivity contribution in [1.82, 2.24) is 9.97 Å². The van der Waals surface area contributed by atoms with Crippen molar-refractivity contribution in [3.05, 3.63) is 42.2 Å². The van der Waals surface area contributed by atoms with Crippen LogP contribution < -0.4 is 14.4 Å². The van der Waals surface area contributed by atoms with Gasteiger partial charge in [0, 0.05) is 32.2 Å². The van der Waals surface area contributed by atoms with Crippen LogP contribution in [0.25, 0.3) is 0 Å². The van der Waals surface area contributed by atoms with Crippen molar-refractivity contribution >= 4 is 5.82 Å². The molecule has 0 amide bonds. The van der Waals surface area contributed by atoms with Crippen LogP contribution in [0.15, 0.2) is 36.7 Å². The Labute approximate surface area is 148 Å². The van der Waals surface area contributed by atoms with E-state index in [-0.39, 0.29) is 6.10 Å². The lowest BCUT2D eigenvalue weighted by molar-refractivity contribution is 0.0375. The third-order valence-corrected chi connectivity index (χ3v) is 4.78. The second-order valence-corrected chi connectivity index (χ2v) is 6.24. The van der Waals surface area contributed by atoms with Crippen molar-refractivity contribution in [2.75, 3.05) is 39.3 Å². The SMILES string of the molecule is COc1ccc(C[C@H]2CN(c3cc(OC)ncn3)CC[C@H]2OC)cc1. The maximum Gasteiger partial charge on any atom is 0.218 e. The maximum absolute atomic E-state index is 5.74. The highest BCUT2D eigenvalue weighted by Gasteiger charge is 2.30. The Morgan fingerprint density at radius 2 is 1.88 bits per heavy atom. The van der Waals surface area contributed by atoms with Crippen molar-refractivity contribution in [3.63, 3.8) is 0 Å². The quantitative estimate of drug-likeness (QED) is 0.803. The van der Waals surface area contributed by atoms with Crippen molar-refractivity contribution < 1.29 is 14.2 Å². The number of ether oxygens (including phenoxy) is 3. The van der Waals surface area contributed by atoms with Gasteiger partial charge in [-0.2, -0.15) is 0 Å². The molecule has 1 fully saturated rings. The Kier molecular flexibility index (Phi) is 5.71. The van der Waals surface area contributed by atoms with Gasteiger partial charge >= 0.3 is 0 Å². The average Bonchev–Trinajstić information content (AvgIpc) is 2.68. The fourth-order valence-electron chi connectivity index (χ4n) is 3.40. The molecule has 0 N–H and O–H groups in total. The van der Waals surface area contributed by atoms with Crippen LogP contribution in [0.1, 0.15) is 12.0 Å². The molecule has 1 aliphatic rings. The van der Waals surface area contributed by atoms with E-state index in [0.29, 0.717) is 11.8 Å². The molecule has 25 heavy (non-hydrogen) atoms. The van der Waals surface area contributed by atoms with Crippen LogP contribution in [0.2, 0.25) is 0 Å². The molecule has 6 nitrogen and oxygen atoms in total. The Balaban J connectivity index is 1.73. The van der Waals surface area contributed by atoms with Gasteiger partial charge in [0.05, 0.1) is 20.3 Å². The molecule has 0 saturated carbocycles. The predicted octanol–water partition coefficient (Wildman–Crippen LogP) is 2.58. The molecule has 0 radical (unpaired) electrons. The van der Waals surface area contributed by atoms with E-state index in [2.05, 4.69) is 27.0 Å². The van der Waals surface area contributed by atoms with Crippen LogP contribution in [0, 0.1) is 5.92 Å². The minimum Gasteiger partial charge on any atom is -0.497 e. The number of piperidine rings is 1. The van der Waals surface area contributed by atoms with Gasteiger partial charge < -0.3 is 19.1 Å². The summed E-state index contributed by atoms with van der Waals surface area (Å²) in [6, 6.07) is 10.1. The lowest BCUT2D eigenvalue weighted by atomic mass is 9.88. The predicted molar refractivity (Wildman–Crippen MR) is 96.4 cm³/mol. The molecule has 1 saturated heterocycles. The Morgan fingerprint density at radius 1 is 1.08 bits per heavy atom. The number of aromatic nitrogens is 2. The number of hydrogen-bond acceptors (Lipinski definition) is 6. The summed E-state index contributed by atoms with van der Waals surface area (Å²) < 4.78 is 16.2. The smallest absolute Gasteiger partial charge is 0.218 e. The minimum absolute atomic E-state index is 0.252. The highest BCUT2D eigenvalue weighted by atomic mass is 16.5. The molecule has 0 bridgehead atoms. The van der Waals surface area contributed by atoms with E-state index in [1.54, 1.807) is 27.7 Å². The van der Waals surface area contributed by atoms with Crippen molar-refractivity contribution in [3.8, 4) is 11.6 Å². The van der Waals surface area contributed by atoms with Crippen molar-refractivity contribution in [1.29, 1.82) is 0 Å². The summed E-state index contributed by atoms with van der Waals surface area (Å²) in [5.74, 6) is 2.77. The second kappa shape index (κ2) is 8.16. The van der Waals surface area contributed by atoms with E-state index in [9.17, 15) is 0 Å². The molecule has 1 aromatic carbocycles. The molecule has 0 aliphatic carbocycles. The first-order valence-electron chi connectivity index (χ1n) is 8.50. The zero-order chi connectivity index (χ0) is 17.6. The molecule has 3 rings (SSSR count). The van der Waals surface area contributed by atoms with E-state index in [1.807, 2.05) is 18.2 Å². The van der Waals surface area contributed by atoms with Gasteiger partial charge in [-0.1, -0.05) is 12.1 Å². The normalized spacial score (nSPS) is 20.4. The van der Waals surface area contributed by atoms with Gasteiger partial charge in [-0.25, -0.2) is 9.97 Å². The lowest BCUT2D eigenvalue weighted by Gasteiger charge is -2.38. The van der Waals surface area contributed by atoms with Crippen LogP contribution >= 0.6 is 0 Å². The molecule has 1 aliphatic heterocycles. The number of anilines is 1. The van der Waals surface area contributed by atoms with Crippen LogP contribution in [0.4, 0.5) is 5.82 Å². The van der Waals surface area contributed by atoms with Gasteiger partial charge in [-0.3, -0.25) is 0 Å². The fourth-order valence-corrected chi connectivity index (χ4v) is 3.40. The summed E-state index contributed by atoms with van der Waals surface area (Å²) in [6.07, 6.45) is 3.74. The zero-order valence-electron chi connectivity index (χ0n) is 15.0. The molecular weight excluding hydrogens is 318 g/mol. The summed E-state index contributed by atoms with van der Waals surface area (Å²) in [7, 11) is 5.11. The van der Waals surface area contributed by atoms with Crippen LogP contribution in [-0.4, -0.2) is 50.5 Å². The number of rotatable bonds is 6. The first-order chi connectivity index (χ1) is 12.2. The van der Waals surface area contributed by atoms with Gasteiger partial charge in [0.25, 0.3) is 0 Å². The Hall–Kier alpha value is -2.34. The molecule has 0 unspecified atom stereocenters. The summed E-state index contributed by atoms with van der Waals surface area (Å²) in [4.78, 5) is 10.8. The number of methoxy groups -OCH3 is 3. The minimum atomic E-state index is 0.252. The van der Waals surface area contributed by atoms with Crippen LogP contribution in [-0.2, 0) is 11.2 Å². The molecule has 0 spiro atoms. The van der Waals surface area contributed by atoms with Crippen molar-refractivity contribution in [2.45, 2.75) is 18.9 Å². The molecule has 134 valence electrons. The summed E-state index contributed by atoms with van der Waals surface area (Å²) >= 11 is 0. The van der Waals surface area contributed by atoms with E-state index in [1.165, 1.54) is 5.56 Å². The summed E-state index contributed by atoms with van der Waals surface area (Å²) in [6.45, 7) is 1.81. The molecule has 1 aromatic heterocycles. The summed E-state index contributed by atoms with van der Waals surface area (Å²) in [5, 5.41) is 0. The zero-order valence-corrected chi connectivity index (χ0v) is 15.0. The van der Waals surface area contributed by atoms with E-state index < -0.39 is 0 Å². The monoisotopic (exact) mass is 343 g/mol. The van der Waals surface area contributed by atoms with Gasteiger partial charge in [0.2, 0.25) is 5.88 Å². The molecule has 2 heterocycles. The van der Waals surface area contributed by atoms with Gasteiger partial charge in [0.15, 0.2) is 0 Å². The highest BCUT2D eigenvalue weighted by Crippen LogP contribution is 2.28. The van der Waals surface area contributed by atoms with Crippen LogP contribution in [0.5, 0.6) is 11.6 Å². The van der Waals surface area contributed by atoms with Gasteiger partial charge in [0.1, 0.15) is 17.9 Å². The maximum atomic E-state index is 5.74. The molecular formula is C19H25N3O3. The number of nitrogens with zero attached hydrogens (tertiary/aromatic N) is 3. The van der Waals surface area contributed by atoms with E-state index in [4.69, 9.17) is 14.2 Å². The number of benzene rings is 1. The Bertz CT molecular complexity index is 678. The Morgan fingerprint density at radius 3 is 2.56 bits per heavy atom. The van der Waals surface area contributed by atoms with E-state index >= 15 is 0 Å². The summed E-state index contributed by atoms with van der Waals surface area (Å²) in [5.41, 5.74) is 1.29. The third kappa shape index (κ3) is 4.20. The first-order valence-corrected chi connectivity index (χ1v) is 8.50. The molecule has 2 atom stereocenters. The van der Waals surface area contributed by atoms with Crippen molar-refractivity contribution in [2.24, 2.45) is 5.92 Å².